The van der Waals surface area contributed by atoms with Gasteiger partial charge in [-0.2, -0.15) is 0 Å². The number of H-pyrrole nitrogens is 1. The molecule has 0 fully saturated rings. The largest absolute Gasteiger partial charge is 0.322 e. The second-order valence-electron chi connectivity index (χ2n) is 5.24. The Kier molecular flexibility index (Phi) is 4.44. The van der Waals surface area contributed by atoms with Crippen molar-refractivity contribution in [2.24, 2.45) is 0 Å². The van der Waals surface area contributed by atoms with Gasteiger partial charge in [-0.1, -0.05) is 29.8 Å². The number of carbonyl (C=O) groups is 1. The molecular formula is C18H14ClN3O2. The highest BCUT2D eigenvalue weighted by Gasteiger charge is 2.08. The molecule has 0 bridgehead atoms. The number of pyridine rings is 2. The lowest BCUT2D eigenvalue weighted by molar-refractivity contribution is -0.114. The first-order valence-electron chi connectivity index (χ1n) is 7.26. The second kappa shape index (κ2) is 6.68. The average molecular weight is 340 g/mol. The van der Waals surface area contributed by atoms with Crippen molar-refractivity contribution < 1.29 is 4.79 Å². The van der Waals surface area contributed by atoms with Crippen molar-refractivity contribution in [3.05, 3.63) is 70.1 Å². The number of rotatable bonds is 3. The summed E-state index contributed by atoms with van der Waals surface area (Å²) in [6, 6.07) is 14.1. The number of hydrogen-bond acceptors (Lipinski definition) is 3. The highest BCUT2D eigenvalue weighted by Crippen LogP contribution is 2.28. The zero-order chi connectivity index (χ0) is 17.1. The van der Waals surface area contributed by atoms with Crippen LogP contribution >= 0.6 is 11.6 Å². The van der Waals surface area contributed by atoms with E-state index >= 15 is 0 Å². The molecular weight excluding hydrogens is 326 g/mol. The maximum Gasteiger partial charge on any atom is 0.249 e. The molecule has 5 nitrogen and oxygen atoms in total. The summed E-state index contributed by atoms with van der Waals surface area (Å²) >= 11 is 6.21. The Balaban J connectivity index is 2.08. The first-order chi connectivity index (χ1) is 11.5. The van der Waals surface area contributed by atoms with Crippen LogP contribution in [0.4, 0.5) is 5.82 Å². The van der Waals surface area contributed by atoms with Gasteiger partial charge in [0.05, 0.1) is 5.69 Å². The summed E-state index contributed by atoms with van der Waals surface area (Å²) in [4.78, 5) is 30.1. The van der Waals surface area contributed by atoms with Crippen LogP contribution in [0, 0.1) is 0 Å². The molecule has 3 rings (SSSR count). The van der Waals surface area contributed by atoms with Gasteiger partial charge in [-0.25, -0.2) is 4.98 Å². The van der Waals surface area contributed by atoms with Crippen molar-refractivity contribution in [3.63, 3.8) is 0 Å². The van der Waals surface area contributed by atoms with Crippen LogP contribution in [0.15, 0.2) is 59.5 Å². The minimum absolute atomic E-state index is 0.206. The lowest BCUT2D eigenvalue weighted by Crippen LogP contribution is -2.08. The van der Waals surface area contributed by atoms with Crippen molar-refractivity contribution >= 4 is 23.3 Å². The van der Waals surface area contributed by atoms with Crippen LogP contribution < -0.4 is 10.9 Å². The van der Waals surface area contributed by atoms with Crippen molar-refractivity contribution in [3.8, 4) is 22.4 Å². The van der Waals surface area contributed by atoms with Crippen LogP contribution in [0.5, 0.6) is 0 Å². The van der Waals surface area contributed by atoms with Crippen LogP contribution in [0.1, 0.15) is 6.92 Å². The van der Waals surface area contributed by atoms with Gasteiger partial charge in [0.25, 0.3) is 0 Å². The number of carbonyl (C=O) groups excluding carboxylic acids is 1. The van der Waals surface area contributed by atoms with E-state index in [0.717, 1.165) is 11.1 Å². The molecule has 0 saturated heterocycles. The molecule has 0 radical (unpaired) electrons. The Hall–Kier alpha value is -2.92. The summed E-state index contributed by atoms with van der Waals surface area (Å²) in [7, 11) is 0. The molecule has 0 atom stereocenters. The van der Waals surface area contributed by atoms with E-state index in [2.05, 4.69) is 15.3 Å². The first kappa shape index (κ1) is 16.0. The van der Waals surface area contributed by atoms with E-state index in [9.17, 15) is 9.59 Å². The van der Waals surface area contributed by atoms with Crippen molar-refractivity contribution in [2.75, 3.05) is 5.32 Å². The number of halogens is 1. The molecule has 0 aliphatic heterocycles. The summed E-state index contributed by atoms with van der Waals surface area (Å²) in [5.74, 6) is 0.224. The number of nitrogens with zero attached hydrogens (tertiary/aromatic N) is 1. The maximum atomic E-state index is 12.0. The molecule has 0 aliphatic rings. The molecule has 24 heavy (non-hydrogen) atoms. The van der Waals surface area contributed by atoms with Gasteiger partial charge in [0, 0.05) is 29.8 Å². The van der Waals surface area contributed by atoms with E-state index in [1.54, 1.807) is 24.4 Å². The molecule has 0 saturated carbocycles. The molecule has 2 N–H and O–H groups in total. The fourth-order valence-electron chi connectivity index (χ4n) is 2.39. The summed E-state index contributed by atoms with van der Waals surface area (Å²) in [5, 5.41) is 3.18. The second-order valence-corrected chi connectivity index (χ2v) is 5.64. The van der Waals surface area contributed by atoms with E-state index in [1.807, 2.05) is 24.3 Å². The van der Waals surface area contributed by atoms with Crippen LogP contribution in [0.25, 0.3) is 22.4 Å². The normalized spacial score (nSPS) is 10.4. The third-order valence-corrected chi connectivity index (χ3v) is 3.74. The summed E-state index contributed by atoms with van der Waals surface area (Å²) in [5.41, 5.74) is 2.62. The van der Waals surface area contributed by atoms with E-state index in [1.165, 1.54) is 13.0 Å². The highest BCUT2D eigenvalue weighted by molar-refractivity contribution is 6.33. The SMILES string of the molecule is CC(=O)Nc1cc(-c2cc(-c3ccccc3Cl)[nH]c(=O)c2)ccn1. The Morgan fingerprint density at radius 1 is 1.12 bits per heavy atom. The lowest BCUT2D eigenvalue weighted by atomic mass is 10.0. The molecule has 1 aromatic carbocycles. The molecule has 0 spiro atoms. The third kappa shape index (κ3) is 3.52. The third-order valence-electron chi connectivity index (χ3n) is 3.41. The number of nitrogens with one attached hydrogen (secondary N) is 2. The van der Waals surface area contributed by atoms with Gasteiger partial charge >= 0.3 is 0 Å². The van der Waals surface area contributed by atoms with Crippen molar-refractivity contribution in [2.45, 2.75) is 6.92 Å². The quantitative estimate of drug-likeness (QED) is 0.763. The fourth-order valence-corrected chi connectivity index (χ4v) is 2.63. The van der Waals surface area contributed by atoms with Gasteiger partial charge in [0.15, 0.2) is 0 Å². The van der Waals surface area contributed by atoms with E-state index in [4.69, 9.17) is 11.6 Å². The number of aromatic amines is 1. The molecule has 0 unspecified atom stereocenters. The molecule has 120 valence electrons. The minimum atomic E-state index is -0.236. The number of amides is 1. The van der Waals surface area contributed by atoms with Crippen molar-refractivity contribution in [1.29, 1.82) is 0 Å². The Labute approximate surface area is 143 Å². The molecule has 3 aromatic rings. The predicted molar refractivity (Wildman–Crippen MR) is 95.0 cm³/mol. The van der Waals surface area contributed by atoms with Crippen LogP contribution in [-0.2, 0) is 4.79 Å². The number of aromatic nitrogens is 2. The molecule has 2 heterocycles. The van der Waals surface area contributed by atoms with Gasteiger partial charge < -0.3 is 10.3 Å². The molecule has 0 aliphatic carbocycles. The fraction of sp³-hybridized carbons (Fsp3) is 0.0556. The topological polar surface area (TPSA) is 74.8 Å². The average Bonchev–Trinajstić information content (AvgIpc) is 2.54. The Morgan fingerprint density at radius 3 is 2.67 bits per heavy atom. The smallest absolute Gasteiger partial charge is 0.249 e. The maximum absolute atomic E-state index is 12.0. The van der Waals surface area contributed by atoms with Gasteiger partial charge in [-0.15, -0.1) is 0 Å². The lowest BCUT2D eigenvalue weighted by Gasteiger charge is -2.08. The zero-order valence-electron chi connectivity index (χ0n) is 12.8. The predicted octanol–water partition coefficient (Wildman–Crippen LogP) is 3.72. The van der Waals surface area contributed by atoms with Gasteiger partial charge in [-0.3, -0.25) is 9.59 Å². The number of benzene rings is 1. The van der Waals surface area contributed by atoms with Gasteiger partial charge in [0.2, 0.25) is 11.5 Å². The Bertz CT molecular complexity index is 966. The number of hydrogen-bond donors (Lipinski definition) is 2. The summed E-state index contributed by atoms with van der Waals surface area (Å²) in [6.45, 7) is 1.41. The summed E-state index contributed by atoms with van der Waals surface area (Å²) in [6.07, 6.45) is 1.58. The van der Waals surface area contributed by atoms with E-state index < -0.39 is 0 Å². The van der Waals surface area contributed by atoms with E-state index in [0.29, 0.717) is 22.1 Å². The Morgan fingerprint density at radius 2 is 1.92 bits per heavy atom. The summed E-state index contributed by atoms with van der Waals surface area (Å²) < 4.78 is 0. The minimum Gasteiger partial charge on any atom is -0.322 e. The van der Waals surface area contributed by atoms with Crippen LogP contribution in [0.2, 0.25) is 5.02 Å². The van der Waals surface area contributed by atoms with Gasteiger partial charge in [-0.05, 0) is 35.4 Å². The molecule has 6 heteroatoms. The monoisotopic (exact) mass is 339 g/mol. The highest BCUT2D eigenvalue weighted by atomic mass is 35.5. The standard InChI is InChI=1S/C18H14ClN3O2/c1-11(23)21-17-9-12(6-7-20-17)13-8-16(22-18(24)10-13)14-4-2-3-5-15(14)19/h2-10H,1H3,(H,22,24)(H,20,21,23). The van der Waals surface area contributed by atoms with Crippen molar-refractivity contribution in [1.82, 2.24) is 9.97 Å². The van der Waals surface area contributed by atoms with Crippen LogP contribution in [-0.4, -0.2) is 15.9 Å². The van der Waals surface area contributed by atoms with E-state index in [-0.39, 0.29) is 11.5 Å². The zero-order valence-corrected chi connectivity index (χ0v) is 13.6. The molecule has 2 aromatic heterocycles. The van der Waals surface area contributed by atoms with Crippen LogP contribution in [0.3, 0.4) is 0 Å². The first-order valence-corrected chi connectivity index (χ1v) is 7.64. The molecule has 1 amide bonds. The van der Waals surface area contributed by atoms with Gasteiger partial charge in [0.1, 0.15) is 5.82 Å². The number of anilines is 1.